The van der Waals surface area contributed by atoms with Gasteiger partial charge in [-0.25, -0.2) is 4.98 Å². The maximum atomic E-state index is 5.44. The molecule has 0 aliphatic carbocycles. The Balaban J connectivity index is 2.75. The monoisotopic (exact) mass is 195 g/mol. The highest BCUT2D eigenvalue weighted by molar-refractivity contribution is 7.80. The quantitative estimate of drug-likeness (QED) is 0.718. The highest BCUT2D eigenvalue weighted by Crippen LogP contribution is 2.05. The molecule has 0 aliphatic rings. The Morgan fingerprint density at radius 3 is 2.62 bits per heavy atom. The van der Waals surface area contributed by atoms with Gasteiger partial charge in [-0.15, -0.1) is 0 Å². The largest absolute Gasteiger partial charge is 0.389 e. The van der Waals surface area contributed by atoms with Gasteiger partial charge in [-0.1, -0.05) is 12.2 Å². The van der Waals surface area contributed by atoms with E-state index in [1.807, 2.05) is 12.1 Å². The summed E-state index contributed by atoms with van der Waals surface area (Å²) in [5.74, 6) is 0.843. The van der Waals surface area contributed by atoms with Crippen LogP contribution in [-0.4, -0.2) is 16.0 Å². The third-order valence-corrected chi connectivity index (χ3v) is 1.72. The van der Waals surface area contributed by atoms with E-state index in [2.05, 4.69) is 24.1 Å². The normalized spacial score (nSPS) is 10.1. The summed E-state index contributed by atoms with van der Waals surface area (Å²) in [6.45, 7) is 4.12. The summed E-state index contributed by atoms with van der Waals surface area (Å²) in [6, 6.07) is 4.11. The molecule has 0 unspecified atom stereocenters. The van der Waals surface area contributed by atoms with Gasteiger partial charge in [0, 0.05) is 17.8 Å². The molecule has 0 fully saturated rings. The topological polar surface area (TPSA) is 50.9 Å². The molecule has 1 aromatic rings. The van der Waals surface area contributed by atoms with Crippen LogP contribution in [0.3, 0.4) is 0 Å². The zero-order chi connectivity index (χ0) is 9.84. The van der Waals surface area contributed by atoms with E-state index in [0.717, 1.165) is 11.4 Å². The Kier molecular flexibility index (Phi) is 3.19. The first-order valence-corrected chi connectivity index (χ1v) is 4.53. The Labute approximate surface area is 83.4 Å². The van der Waals surface area contributed by atoms with Crippen molar-refractivity contribution in [3.05, 3.63) is 23.9 Å². The van der Waals surface area contributed by atoms with Crippen LogP contribution in [0.25, 0.3) is 0 Å². The first-order valence-electron chi connectivity index (χ1n) is 4.12. The molecule has 0 amide bonds. The van der Waals surface area contributed by atoms with Crippen molar-refractivity contribution in [1.82, 2.24) is 4.98 Å². The molecule has 1 rings (SSSR count). The maximum absolute atomic E-state index is 5.44. The van der Waals surface area contributed by atoms with E-state index in [1.165, 1.54) is 0 Å². The van der Waals surface area contributed by atoms with Crippen molar-refractivity contribution in [3.8, 4) is 0 Å². The Bertz CT molecular complexity index is 292. The number of nitrogens with two attached hydrogens (primary N) is 1. The van der Waals surface area contributed by atoms with Gasteiger partial charge in [-0.2, -0.15) is 0 Å². The van der Waals surface area contributed by atoms with E-state index >= 15 is 0 Å². The summed E-state index contributed by atoms with van der Waals surface area (Å²) in [4.78, 5) is 4.54. The van der Waals surface area contributed by atoms with Gasteiger partial charge in [-0.3, -0.25) is 0 Å². The Morgan fingerprint density at radius 2 is 2.23 bits per heavy atom. The fourth-order valence-corrected chi connectivity index (χ4v) is 1.04. The van der Waals surface area contributed by atoms with Crippen LogP contribution in [0.4, 0.5) is 5.82 Å². The van der Waals surface area contributed by atoms with Crippen molar-refractivity contribution in [2.75, 3.05) is 5.32 Å². The van der Waals surface area contributed by atoms with Crippen LogP contribution in [0.5, 0.6) is 0 Å². The predicted octanol–water partition coefficient (Wildman–Crippen LogP) is 1.54. The Morgan fingerprint density at radius 1 is 1.54 bits per heavy atom. The highest BCUT2D eigenvalue weighted by atomic mass is 32.1. The molecule has 0 spiro atoms. The minimum Gasteiger partial charge on any atom is -0.389 e. The van der Waals surface area contributed by atoms with Crippen molar-refractivity contribution in [2.45, 2.75) is 19.9 Å². The molecule has 3 N–H and O–H groups in total. The number of hydrogen-bond acceptors (Lipinski definition) is 3. The van der Waals surface area contributed by atoms with E-state index in [9.17, 15) is 0 Å². The molecule has 0 radical (unpaired) electrons. The van der Waals surface area contributed by atoms with E-state index in [0.29, 0.717) is 11.0 Å². The molecule has 0 aliphatic heterocycles. The minimum atomic E-state index is 0.378. The number of pyridine rings is 1. The molecule has 0 atom stereocenters. The lowest BCUT2D eigenvalue weighted by atomic mass is 10.3. The number of thiocarbonyl (C=S) groups is 1. The smallest absolute Gasteiger partial charge is 0.126 e. The molecule has 13 heavy (non-hydrogen) atoms. The standard InChI is InChI=1S/C9H13N3S/c1-6(2)12-8-4-3-7(5-11-8)9(10)13/h3-6H,1-2H3,(H2,10,13)(H,11,12). The van der Waals surface area contributed by atoms with Gasteiger partial charge in [-0.05, 0) is 26.0 Å². The van der Waals surface area contributed by atoms with Gasteiger partial charge >= 0.3 is 0 Å². The first kappa shape index (κ1) is 9.92. The summed E-state index contributed by atoms with van der Waals surface area (Å²) in [6.07, 6.45) is 1.67. The van der Waals surface area contributed by atoms with E-state index in [1.54, 1.807) is 6.20 Å². The summed E-state index contributed by atoms with van der Waals surface area (Å²) in [5, 5.41) is 3.18. The molecule has 0 bridgehead atoms. The van der Waals surface area contributed by atoms with Gasteiger partial charge < -0.3 is 11.1 Å². The van der Waals surface area contributed by atoms with Crippen LogP contribution in [0.1, 0.15) is 19.4 Å². The van der Waals surface area contributed by atoms with E-state index in [-0.39, 0.29) is 0 Å². The maximum Gasteiger partial charge on any atom is 0.126 e. The highest BCUT2D eigenvalue weighted by Gasteiger charge is 1.98. The molecule has 3 nitrogen and oxygen atoms in total. The number of anilines is 1. The fourth-order valence-electron chi connectivity index (χ4n) is 0.921. The van der Waals surface area contributed by atoms with Crippen LogP contribution in [0, 0.1) is 0 Å². The third kappa shape index (κ3) is 2.99. The second kappa shape index (κ2) is 4.18. The van der Waals surface area contributed by atoms with Gasteiger partial charge in [0.2, 0.25) is 0 Å². The molecule has 0 aromatic carbocycles. The lowest BCUT2D eigenvalue weighted by Gasteiger charge is -2.08. The summed E-state index contributed by atoms with van der Waals surface area (Å²) in [7, 11) is 0. The van der Waals surface area contributed by atoms with Crippen molar-refractivity contribution in [3.63, 3.8) is 0 Å². The second-order valence-corrected chi connectivity index (χ2v) is 3.54. The van der Waals surface area contributed by atoms with E-state index in [4.69, 9.17) is 18.0 Å². The van der Waals surface area contributed by atoms with Crippen molar-refractivity contribution in [2.24, 2.45) is 5.73 Å². The molecular formula is C9H13N3S. The lowest BCUT2D eigenvalue weighted by molar-refractivity contribution is 0.889. The summed E-state index contributed by atoms with van der Waals surface area (Å²) >= 11 is 4.81. The van der Waals surface area contributed by atoms with Crippen LogP contribution in [-0.2, 0) is 0 Å². The first-order chi connectivity index (χ1) is 6.09. The van der Waals surface area contributed by atoms with Crippen LogP contribution >= 0.6 is 12.2 Å². The minimum absolute atomic E-state index is 0.378. The zero-order valence-electron chi connectivity index (χ0n) is 7.74. The average molecular weight is 195 g/mol. The molecule has 1 aromatic heterocycles. The molecule has 70 valence electrons. The van der Waals surface area contributed by atoms with Crippen LogP contribution in [0.2, 0.25) is 0 Å². The van der Waals surface area contributed by atoms with Crippen LogP contribution in [0.15, 0.2) is 18.3 Å². The molecule has 4 heteroatoms. The van der Waals surface area contributed by atoms with Crippen molar-refractivity contribution in [1.29, 1.82) is 0 Å². The number of rotatable bonds is 3. The van der Waals surface area contributed by atoms with Crippen molar-refractivity contribution < 1.29 is 0 Å². The zero-order valence-corrected chi connectivity index (χ0v) is 8.56. The number of hydrogen-bond donors (Lipinski definition) is 2. The van der Waals surface area contributed by atoms with Crippen molar-refractivity contribution >= 4 is 23.0 Å². The van der Waals surface area contributed by atoms with Gasteiger partial charge in [0.25, 0.3) is 0 Å². The fraction of sp³-hybridized carbons (Fsp3) is 0.333. The molecular weight excluding hydrogens is 182 g/mol. The van der Waals surface area contributed by atoms with E-state index < -0.39 is 0 Å². The number of aromatic nitrogens is 1. The molecule has 1 heterocycles. The van der Waals surface area contributed by atoms with Gasteiger partial charge in [0.05, 0.1) is 0 Å². The predicted molar refractivity (Wildman–Crippen MR) is 58.9 cm³/mol. The van der Waals surface area contributed by atoms with Crippen LogP contribution < -0.4 is 11.1 Å². The molecule has 0 saturated heterocycles. The number of nitrogens with zero attached hydrogens (tertiary/aromatic N) is 1. The number of nitrogens with one attached hydrogen (secondary N) is 1. The second-order valence-electron chi connectivity index (χ2n) is 3.10. The van der Waals surface area contributed by atoms with Gasteiger partial charge in [0.1, 0.15) is 10.8 Å². The Hall–Kier alpha value is -1.16. The molecule has 0 saturated carbocycles. The SMILES string of the molecule is CC(C)Nc1ccc(C(N)=S)cn1. The lowest BCUT2D eigenvalue weighted by Crippen LogP contribution is -2.13. The summed E-state index contributed by atoms with van der Waals surface area (Å²) < 4.78 is 0. The third-order valence-electron chi connectivity index (χ3n) is 1.48. The summed E-state index contributed by atoms with van der Waals surface area (Å²) in [5.41, 5.74) is 6.23. The average Bonchev–Trinajstić information content (AvgIpc) is 2.04. The van der Waals surface area contributed by atoms with Gasteiger partial charge in [0.15, 0.2) is 0 Å².